The van der Waals surface area contributed by atoms with E-state index in [0.717, 1.165) is 44.9 Å². The fourth-order valence-corrected chi connectivity index (χ4v) is 4.35. The molecule has 1 amide bonds. The molecule has 0 radical (unpaired) electrons. The van der Waals surface area contributed by atoms with Crippen molar-refractivity contribution in [3.05, 3.63) is 12.2 Å². The zero-order valence-electron chi connectivity index (χ0n) is 24.6. The molecule has 10 nitrogen and oxygen atoms in total. The van der Waals surface area contributed by atoms with Gasteiger partial charge in [0.05, 0.1) is 0 Å². The van der Waals surface area contributed by atoms with Crippen molar-refractivity contribution in [2.24, 2.45) is 0 Å². The van der Waals surface area contributed by atoms with Gasteiger partial charge in [-0.3, -0.25) is 14.1 Å². The number of carboxylic acids is 1. The second kappa shape index (κ2) is 26.9. The Hall–Kier alpha value is 0.0200. The summed E-state index contributed by atoms with van der Waals surface area (Å²) in [6.07, 6.45) is 16.6. The quantitative estimate of drug-likeness (QED) is 0.0334. The molecule has 0 heterocycles. The summed E-state index contributed by atoms with van der Waals surface area (Å²) in [7, 11) is -5.01. The zero-order chi connectivity index (χ0) is 28.1. The molecule has 39 heavy (non-hydrogen) atoms. The number of nitrogens with one attached hydrogen (secondary N) is 1. The molecule has 0 aromatic carbocycles. The Balaban J connectivity index is -0.00000648. The van der Waals surface area contributed by atoms with E-state index in [9.17, 15) is 27.9 Å². The Morgan fingerprint density at radius 1 is 0.872 bits per heavy atom. The Bertz CT molecular complexity index is 794. The van der Waals surface area contributed by atoms with E-state index in [4.69, 9.17) is 14.0 Å². The Kier molecular flexibility index (Phi) is 30.0. The van der Waals surface area contributed by atoms with Crippen LogP contribution in [0, 0.1) is 0 Å². The van der Waals surface area contributed by atoms with E-state index in [0.29, 0.717) is 6.42 Å². The van der Waals surface area contributed by atoms with Crippen molar-refractivity contribution in [1.29, 1.82) is 0 Å². The molecule has 0 aliphatic carbocycles. The van der Waals surface area contributed by atoms with Crippen molar-refractivity contribution >= 4 is 28.0 Å². The normalized spacial score (nSPS) is 13.5. The third-order valence-electron chi connectivity index (χ3n) is 5.68. The second-order valence-corrected chi connectivity index (χ2v) is 10.9. The number of hydrogen-bond acceptors (Lipinski definition) is 8. The van der Waals surface area contributed by atoms with E-state index in [2.05, 4.69) is 24.4 Å². The Labute approximate surface area is 279 Å². The van der Waals surface area contributed by atoms with E-state index in [-0.39, 0.29) is 65.0 Å². The van der Waals surface area contributed by atoms with Crippen LogP contribution in [-0.4, -0.2) is 48.6 Å². The first-order chi connectivity index (χ1) is 17.5. The molecule has 0 saturated heterocycles. The fourth-order valence-electron chi connectivity index (χ4n) is 3.71. The molecule has 0 saturated carbocycles. The van der Waals surface area contributed by atoms with Crippen LogP contribution in [0.4, 0.5) is 0 Å². The largest absolute Gasteiger partial charge is 1.00 e. The number of aliphatic carboxylic acids is 1. The summed E-state index contributed by atoms with van der Waals surface area (Å²) in [6, 6.07) is 0. The number of carbonyl (C=O) groups excluding carboxylic acids is 3. The number of amides is 1. The van der Waals surface area contributed by atoms with Gasteiger partial charge in [0.25, 0.3) is 10.1 Å². The van der Waals surface area contributed by atoms with Gasteiger partial charge in [-0.1, -0.05) is 70.4 Å². The molecule has 13 heteroatoms. The van der Waals surface area contributed by atoms with Gasteiger partial charge < -0.3 is 24.7 Å². The van der Waals surface area contributed by atoms with Gasteiger partial charge >= 0.3 is 65.1 Å². The van der Waals surface area contributed by atoms with Crippen molar-refractivity contribution < 1.29 is 101 Å². The minimum absolute atomic E-state index is 0. The topological polar surface area (TPSA) is 159 Å². The van der Waals surface area contributed by atoms with Crippen LogP contribution >= 0.6 is 0 Å². The maximum Gasteiger partial charge on any atom is 1.00 e. The van der Waals surface area contributed by atoms with Gasteiger partial charge in [0.15, 0.2) is 5.25 Å². The SMILES string of the molecule is CCCCCCCC/C=C/CCCCCCCC(=O)NC(C)OC(C)OC(=O)C(CC(=O)[O-])S(=O)(=O)O.[Na+].[Na+]. The smallest absolute Gasteiger partial charge is 0.550 e. The predicted molar refractivity (Wildman–Crippen MR) is 139 cm³/mol. The van der Waals surface area contributed by atoms with Crippen LogP contribution in [0.5, 0.6) is 0 Å². The predicted octanol–water partition coefficient (Wildman–Crippen LogP) is -2.20. The summed E-state index contributed by atoms with van der Waals surface area (Å²) in [5, 5.41) is 10.9. The summed E-state index contributed by atoms with van der Waals surface area (Å²) >= 11 is 0. The number of unbranched alkanes of at least 4 members (excludes halogenated alkanes) is 11. The first-order valence-electron chi connectivity index (χ1n) is 13.4. The van der Waals surface area contributed by atoms with E-state index < -0.39 is 46.2 Å². The number of hydrogen-bond donors (Lipinski definition) is 2. The van der Waals surface area contributed by atoms with Crippen LogP contribution in [0.15, 0.2) is 12.2 Å². The van der Waals surface area contributed by atoms with Crippen LogP contribution in [0.25, 0.3) is 0 Å². The summed E-state index contributed by atoms with van der Waals surface area (Å²) in [5.41, 5.74) is 0. The monoisotopic (exact) mass is 594 g/mol. The second-order valence-electron chi connectivity index (χ2n) is 9.26. The molecule has 0 aliphatic rings. The van der Waals surface area contributed by atoms with Crippen molar-refractivity contribution in [3.63, 3.8) is 0 Å². The molecular formula is C26H46NNa2O9S+. The molecule has 0 aliphatic heterocycles. The van der Waals surface area contributed by atoms with Crippen LogP contribution in [0.3, 0.4) is 0 Å². The van der Waals surface area contributed by atoms with Crippen LogP contribution in [0.1, 0.15) is 117 Å². The molecule has 0 rings (SSSR count). The number of esters is 1. The van der Waals surface area contributed by atoms with Crippen molar-refractivity contribution in [2.75, 3.05) is 0 Å². The Morgan fingerprint density at radius 3 is 1.85 bits per heavy atom. The molecule has 216 valence electrons. The van der Waals surface area contributed by atoms with Gasteiger partial charge in [-0.15, -0.1) is 0 Å². The number of ether oxygens (including phenoxy) is 2. The average Bonchev–Trinajstić information content (AvgIpc) is 2.78. The summed E-state index contributed by atoms with van der Waals surface area (Å²) in [5.74, 6) is -3.58. The van der Waals surface area contributed by atoms with E-state index >= 15 is 0 Å². The maximum atomic E-state index is 12.1. The van der Waals surface area contributed by atoms with Gasteiger partial charge in [-0.2, -0.15) is 8.42 Å². The van der Waals surface area contributed by atoms with E-state index in [1.807, 2.05) is 0 Å². The molecule has 0 bridgehead atoms. The van der Waals surface area contributed by atoms with Crippen molar-refractivity contribution in [2.45, 2.75) is 135 Å². The minimum Gasteiger partial charge on any atom is -0.550 e. The van der Waals surface area contributed by atoms with E-state index in [1.165, 1.54) is 52.4 Å². The summed E-state index contributed by atoms with van der Waals surface area (Å²) in [6.45, 7) is 5.00. The van der Waals surface area contributed by atoms with Crippen LogP contribution < -0.4 is 69.5 Å². The molecule has 0 spiro atoms. The number of carbonyl (C=O) groups is 3. The van der Waals surface area contributed by atoms with Crippen LogP contribution in [0.2, 0.25) is 0 Å². The van der Waals surface area contributed by atoms with Gasteiger partial charge in [-0.25, -0.2) is 0 Å². The number of allylic oxidation sites excluding steroid dienone is 2. The summed E-state index contributed by atoms with van der Waals surface area (Å²) in [4.78, 5) is 34.6. The standard InChI is InChI=1S/C26H47NO9S.2Na/c1-4-5-6-7-8-9-10-11-12-13-14-15-16-17-18-19-24(28)27-21(2)35-22(3)36-26(31)23(20-25(29)30)37(32,33)34;;/h11-12,21-23H,4-10,13-20H2,1-3H3,(H,27,28)(H,29,30)(H,32,33,34);;/q;2*+1/p-1/b12-11+;;. The third kappa shape index (κ3) is 26.7. The first-order valence-corrected chi connectivity index (χ1v) is 14.9. The van der Waals surface area contributed by atoms with Gasteiger partial charge in [0.1, 0.15) is 6.23 Å². The van der Waals surface area contributed by atoms with Crippen molar-refractivity contribution in [3.8, 4) is 0 Å². The molecule has 3 atom stereocenters. The first kappa shape index (κ1) is 43.5. The van der Waals surface area contributed by atoms with Crippen molar-refractivity contribution in [1.82, 2.24) is 5.32 Å². The van der Waals surface area contributed by atoms with Gasteiger partial charge in [-0.05, 0) is 46.0 Å². The molecule has 2 N–H and O–H groups in total. The average molecular weight is 595 g/mol. The Morgan fingerprint density at radius 2 is 1.36 bits per heavy atom. The molecular weight excluding hydrogens is 548 g/mol. The maximum absolute atomic E-state index is 12.1. The van der Waals surface area contributed by atoms with E-state index in [1.54, 1.807) is 0 Å². The summed E-state index contributed by atoms with van der Waals surface area (Å²) < 4.78 is 41.4. The minimum atomic E-state index is -5.01. The zero-order valence-corrected chi connectivity index (χ0v) is 29.4. The molecule has 0 aromatic heterocycles. The fraction of sp³-hybridized carbons (Fsp3) is 0.808. The van der Waals surface area contributed by atoms with Gasteiger partial charge in [0, 0.05) is 18.8 Å². The molecule has 3 unspecified atom stereocenters. The number of rotatable bonds is 23. The third-order valence-corrected chi connectivity index (χ3v) is 6.76. The molecule has 0 aromatic rings. The molecule has 0 fully saturated rings. The van der Waals surface area contributed by atoms with Crippen LogP contribution in [-0.2, 0) is 34.0 Å². The number of carboxylic acid groups (broad SMARTS) is 1. The van der Waals surface area contributed by atoms with Gasteiger partial charge in [0.2, 0.25) is 12.2 Å².